The number of aromatic nitrogens is 1. The van der Waals surface area contributed by atoms with Crippen molar-refractivity contribution < 1.29 is 9.59 Å². The number of carbonyl (C=O) groups excluding carboxylic acids is 2. The van der Waals surface area contributed by atoms with E-state index in [1.807, 2.05) is 17.0 Å². The van der Waals surface area contributed by atoms with Crippen molar-refractivity contribution in [3.63, 3.8) is 0 Å². The number of fused-ring (bicyclic) bond motifs is 2. The van der Waals surface area contributed by atoms with Gasteiger partial charge in [-0.3, -0.25) is 14.6 Å². The minimum absolute atomic E-state index is 0.0245. The van der Waals surface area contributed by atoms with Crippen LogP contribution in [0.1, 0.15) is 50.5 Å². The second kappa shape index (κ2) is 8.34. The Morgan fingerprint density at radius 2 is 2.00 bits per heavy atom. The van der Waals surface area contributed by atoms with Crippen molar-refractivity contribution in [2.45, 2.75) is 69.6 Å². The zero-order chi connectivity index (χ0) is 20.5. The smallest absolute Gasteiger partial charge is 0.245 e. The first-order valence-electron chi connectivity index (χ1n) is 11.4. The minimum Gasteiger partial charge on any atom is -0.342 e. The van der Waals surface area contributed by atoms with Crippen LogP contribution in [-0.2, 0) is 16.1 Å². The third-order valence-corrected chi connectivity index (χ3v) is 7.06. The number of nitrogens with zero attached hydrogens (tertiary/aromatic N) is 2. The number of pyridine rings is 1. The molecule has 1 aliphatic carbocycles. The summed E-state index contributed by atoms with van der Waals surface area (Å²) in [5, 5.41) is 7.72. The Kier molecular flexibility index (Phi) is 5.42. The van der Waals surface area contributed by atoms with Crippen LogP contribution in [-0.4, -0.2) is 46.4 Å². The van der Waals surface area contributed by atoms with E-state index in [0.717, 1.165) is 23.9 Å². The predicted octanol–water partition coefficient (Wildman–Crippen LogP) is 2.76. The summed E-state index contributed by atoms with van der Waals surface area (Å²) in [5.41, 5.74) is 2.18. The first-order chi connectivity index (χ1) is 14.7. The summed E-state index contributed by atoms with van der Waals surface area (Å²) in [6.45, 7) is 1.34. The second-order valence-corrected chi connectivity index (χ2v) is 9.15. The maximum atomic E-state index is 13.1. The van der Waals surface area contributed by atoms with E-state index in [1.165, 1.54) is 37.7 Å². The summed E-state index contributed by atoms with van der Waals surface area (Å²) in [6.07, 6.45) is 9.48. The summed E-state index contributed by atoms with van der Waals surface area (Å²) in [5.74, 6) is 0.714. The molecule has 3 fully saturated rings. The van der Waals surface area contributed by atoms with Crippen LogP contribution in [0.5, 0.6) is 0 Å². The van der Waals surface area contributed by atoms with Crippen LogP contribution in [0.25, 0.3) is 10.9 Å². The van der Waals surface area contributed by atoms with E-state index in [4.69, 9.17) is 0 Å². The van der Waals surface area contributed by atoms with Crippen LogP contribution in [0.4, 0.5) is 0 Å². The average molecular weight is 407 g/mol. The maximum Gasteiger partial charge on any atom is 0.245 e. The van der Waals surface area contributed by atoms with Crippen LogP contribution in [0.15, 0.2) is 36.5 Å². The van der Waals surface area contributed by atoms with Crippen LogP contribution in [0.3, 0.4) is 0 Å². The van der Waals surface area contributed by atoms with Crippen molar-refractivity contribution in [1.29, 1.82) is 0 Å². The largest absolute Gasteiger partial charge is 0.342 e. The lowest BCUT2D eigenvalue weighted by atomic mass is 9.84. The molecule has 2 aromatic rings. The molecule has 2 N–H and O–H groups in total. The number of carbonyl (C=O) groups is 2. The van der Waals surface area contributed by atoms with Crippen LogP contribution >= 0.6 is 0 Å². The summed E-state index contributed by atoms with van der Waals surface area (Å²) in [6, 6.07) is 9.78. The van der Waals surface area contributed by atoms with Crippen molar-refractivity contribution in [3.8, 4) is 0 Å². The van der Waals surface area contributed by atoms with Crippen LogP contribution < -0.4 is 10.6 Å². The van der Waals surface area contributed by atoms with Crippen molar-refractivity contribution >= 4 is 22.7 Å². The van der Waals surface area contributed by atoms with E-state index in [9.17, 15) is 9.59 Å². The molecular formula is C24H30N4O2. The van der Waals surface area contributed by atoms with E-state index < -0.39 is 0 Å². The monoisotopic (exact) mass is 406 g/mol. The highest BCUT2D eigenvalue weighted by atomic mass is 16.2. The third kappa shape index (κ3) is 3.93. The average Bonchev–Trinajstić information content (AvgIpc) is 3.22. The van der Waals surface area contributed by atoms with Crippen molar-refractivity contribution in [1.82, 2.24) is 20.5 Å². The van der Waals surface area contributed by atoms with Crippen LogP contribution in [0.2, 0.25) is 0 Å². The van der Waals surface area contributed by atoms with E-state index in [1.54, 1.807) is 6.20 Å². The molecule has 2 saturated heterocycles. The molecular weight excluding hydrogens is 376 g/mol. The SMILES string of the molecule is O=C1N[C@@H](CC2CCCCC2)C(=O)N2C[C@@H](NCc3ccc4ncccc4c3)C[C@@H]12. The molecule has 3 heterocycles. The lowest BCUT2D eigenvalue weighted by Gasteiger charge is -2.36. The summed E-state index contributed by atoms with van der Waals surface area (Å²) >= 11 is 0. The standard InChI is InChI=1S/C24H30N4O2/c29-23-22-13-19(26-14-17-8-9-20-18(11-17)7-4-10-25-20)15-28(22)24(30)21(27-23)12-16-5-2-1-3-6-16/h4,7-11,16,19,21-22,26H,1-3,5-6,12-15H2,(H,27,29)/t19-,21-,22-/m0/s1. The van der Waals surface area contributed by atoms with E-state index in [-0.39, 0.29) is 29.9 Å². The van der Waals surface area contributed by atoms with Gasteiger partial charge in [-0.1, -0.05) is 44.2 Å². The predicted molar refractivity (Wildman–Crippen MR) is 116 cm³/mol. The first-order valence-corrected chi connectivity index (χ1v) is 11.4. The Bertz CT molecular complexity index is 940. The Morgan fingerprint density at radius 3 is 2.87 bits per heavy atom. The maximum absolute atomic E-state index is 13.1. The van der Waals surface area contributed by atoms with Gasteiger partial charge in [-0.05, 0) is 42.5 Å². The fraction of sp³-hybridized carbons (Fsp3) is 0.542. The first kappa shape index (κ1) is 19.5. The number of hydrogen-bond acceptors (Lipinski definition) is 4. The third-order valence-electron chi connectivity index (χ3n) is 7.06. The molecule has 6 nitrogen and oxygen atoms in total. The fourth-order valence-electron chi connectivity index (χ4n) is 5.42. The fourth-order valence-corrected chi connectivity index (χ4v) is 5.42. The molecule has 1 aromatic carbocycles. The van der Waals surface area contributed by atoms with Gasteiger partial charge in [0.15, 0.2) is 0 Å². The van der Waals surface area contributed by atoms with E-state index in [2.05, 4.69) is 33.8 Å². The summed E-state index contributed by atoms with van der Waals surface area (Å²) < 4.78 is 0. The van der Waals surface area contributed by atoms with Gasteiger partial charge in [0.1, 0.15) is 12.1 Å². The van der Waals surface area contributed by atoms with E-state index in [0.29, 0.717) is 18.9 Å². The number of amides is 2. The Balaban J connectivity index is 1.20. The quantitative estimate of drug-likeness (QED) is 0.801. The van der Waals surface area contributed by atoms with Crippen molar-refractivity contribution in [2.24, 2.45) is 5.92 Å². The molecule has 3 atom stereocenters. The lowest BCUT2D eigenvalue weighted by Crippen LogP contribution is -2.61. The summed E-state index contributed by atoms with van der Waals surface area (Å²) in [4.78, 5) is 32.0. The van der Waals surface area contributed by atoms with Gasteiger partial charge in [-0.15, -0.1) is 0 Å². The molecule has 1 aromatic heterocycles. The highest BCUT2D eigenvalue weighted by Crippen LogP contribution is 2.30. The number of piperazine rings is 1. The van der Waals surface area contributed by atoms with Gasteiger partial charge in [-0.2, -0.15) is 0 Å². The molecule has 0 unspecified atom stereocenters. The molecule has 30 heavy (non-hydrogen) atoms. The van der Waals surface area contributed by atoms with Crippen molar-refractivity contribution in [2.75, 3.05) is 6.54 Å². The minimum atomic E-state index is -0.330. The second-order valence-electron chi connectivity index (χ2n) is 9.15. The molecule has 0 radical (unpaired) electrons. The van der Waals surface area contributed by atoms with Gasteiger partial charge in [0.05, 0.1) is 5.52 Å². The Morgan fingerprint density at radius 1 is 1.13 bits per heavy atom. The number of hydrogen-bond donors (Lipinski definition) is 2. The van der Waals surface area contributed by atoms with Gasteiger partial charge in [-0.25, -0.2) is 0 Å². The molecule has 6 heteroatoms. The molecule has 3 aliphatic rings. The Hall–Kier alpha value is -2.47. The van der Waals surface area contributed by atoms with Gasteiger partial charge < -0.3 is 15.5 Å². The zero-order valence-corrected chi connectivity index (χ0v) is 17.3. The number of benzene rings is 1. The summed E-state index contributed by atoms with van der Waals surface area (Å²) in [7, 11) is 0. The molecule has 0 bridgehead atoms. The van der Waals surface area contributed by atoms with Gasteiger partial charge >= 0.3 is 0 Å². The molecule has 0 spiro atoms. The lowest BCUT2D eigenvalue weighted by molar-refractivity contribution is -0.147. The molecule has 1 saturated carbocycles. The number of nitrogens with one attached hydrogen (secondary N) is 2. The number of rotatable bonds is 5. The molecule has 2 amide bonds. The van der Waals surface area contributed by atoms with E-state index >= 15 is 0 Å². The molecule has 2 aliphatic heterocycles. The molecule has 5 rings (SSSR count). The Labute approximate surface area is 177 Å². The van der Waals surface area contributed by atoms with Gasteiger partial charge in [0.2, 0.25) is 11.8 Å². The topological polar surface area (TPSA) is 74.3 Å². The highest BCUT2D eigenvalue weighted by molar-refractivity contribution is 5.97. The zero-order valence-electron chi connectivity index (χ0n) is 17.3. The van der Waals surface area contributed by atoms with Crippen LogP contribution in [0, 0.1) is 5.92 Å². The van der Waals surface area contributed by atoms with Gasteiger partial charge in [0.25, 0.3) is 0 Å². The van der Waals surface area contributed by atoms with Gasteiger partial charge in [0, 0.05) is 30.7 Å². The van der Waals surface area contributed by atoms with Crippen molar-refractivity contribution in [3.05, 3.63) is 42.1 Å². The molecule has 158 valence electrons. The highest BCUT2D eigenvalue weighted by Gasteiger charge is 2.46. The normalized spacial score (nSPS) is 27.3.